The van der Waals surface area contributed by atoms with E-state index in [1.54, 1.807) is 6.07 Å². The van der Waals surface area contributed by atoms with Crippen LogP contribution < -0.4 is 16.4 Å². The zero-order valence-corrected chi connectivity index (χ0v) is 19.1. The van der Waals surface area contributed by atoms with Gasteiger partial charge in [0.1, 0.15) is 17.5 Å². The first kappa shape index (κ1) is 24.1. The van der Waals surface area contributed by atoms with Crippen molar-refractivity contribution in [2.24, 2.45) is 5.73 Å². The second kappa shape index (κ2) is 10.9. The molecule has 4 N–H and O–H groups in total. The molecule has 1 aliphatic heterocycles. The Kier molecular flexibility index (Phi) is 7.53. The van der Waals surface area contributed by atoms with Crippen LogP contribution in [0.5, 0.6) is 0 Å². The molecule has 0 spiro atoms. The van der Waals surface area contributed by atoms with Gasteiger partial charge in [-0.05, 0) is 54.7 Å². The number of hydrogen-bond donors (Lipinski definition) is 3. The summed E-state index contributed by atoms with van der Waals surface area (Å²) in [5.74, 6) is -0.842. The summed E-state index contributed by atoms with van der Waals surface area (Å²) < 4.78 is 27.5. The van der Waals surface area contributed by atoms with Crippen LogP contribution >= 0.6 is 0 Å². The lowest BCUT2D eigenvalue weighted by molar-refractivity contribution is 0.100. The number of nitrogens with two attached hydrogens (primary N) is 1. The summed E-state index contributed by atoms with van der Waals surface area (Å²) in [6, 6.07) is 12.9. The molecule has 0 bridgehead atoms. The van der Waals surface area contributed by atoms with E-state index in [4.69, 9.17) is 12.3 Å². The number of carbonyl (C=O) groups is 1. The maximum Gasteiger partial charge on any atom is 0.270 e. The number of pyridine rings is 1. The van der Waals surface area contributed by atoms with Crippen LogP contribution in [0.3, 0.4) is 0 Å². The molecule has 0 aliphatic carbocycles. The van der Waals surface area contributed by atoms with Crippen LogP contribution in [0.4, 0.5) is 26.0 Å². The first-order valence-electron chi connectivity index (χ1n) is 11.3. The number of nitrogens with zero attached hydrogens (tertiary/aromatic N) is 3. The third-order valence-electron chi connectivity index (χ3n) is 6.16. The van der Waals surface area contributed by atoms with Crippen molar-refractivity contribution < 1.29 is 13.6 Å². The molecule has 2 aromatic carbocycles. The normalized spacial score (nSPS) is 14.3. The van der Waals surface area contributed by atoms with Crippen LogP contribution in [-0.2, 0) is 6.54 Å². The number of nitrogens with one attached hydrogen (secondary N) is 2. The zero-order chi connectivity index (χ0) is 24.8. The number of anilines is 3. The maximum absolute atomic E-state index is 14.0. The summed E-state index contributed by atoms with van der Waals surface area (Å²) in [5.41, 5.74) is 8.18. The SMILES string of the molecule is [C-]#[N+]CN1CCC(c2ccc(Nc3cc(NCc4cc(F)ccc4F)c(C(N)=O)cn3)cc2)CC1. The van der Waals surface area contributed by atoms with E-state index in [9.17, 15) is 13.6 Å². The molecule has 1 saturated heterocycles. The predicted molar refractivity (Wildman–Crippen MR) is 131 cm³/mol. The number of piperidine rings is 1. The van der Waals surface area contributed by atoms with Gasteiger partial charge in [0.15, 0.2) is 0 Å². The van der Waals surface area contributed by atoms with Crippen molar-refractivity contribution >= 4 is 23.1 Å². The van der Waals surface area contributed by atoms with Crippen LogP contribution in [0.15, 0.2) is 54.7 Å². The van der Waals surface area contributed by atoms with E-state index in [0.717, 1.165) is 49.8 Å². The van der Waals surface area contributed by atoms with E-state index >= 15 is 0 Å². The summed E-state index contributed by atoms with van der Waals surface area (Å²) in [6.45, 7) is 9.30. The highest BCUT2D eigenvalue weighted by Crippen LogP contribution is 2.30. The number of aromatic nitrogens is 1. The zero-order valence-electron chi connectivity index (χ0n) is 19.1. The molecule has 1 fully saturated rings. The van der Waals surface area contributed by atoms with Crippen molar-refractivity contribution in [3.63, 3.8) is 0 Å². The van der Waals surface area contributed by atoms with Gasteiger partial charge in [-0.1, -0.05) is 12.1 Å². The first-order valence-corrected chi connectivity index (χ1v) is 11.3. The first-order chi connectivity index (χ1) is 16.9. The van der Waals surface area contributed by atoms with Crippen LogP contribution in [-0.4, -0.2) is 35.5 Å². The number of benzene rings is 2. The van der Waals surface area contributed by atoms with Gasteiger partial charge in [-0.2, -0.15) is 0 Å². The number of carbonyl (C=O) groups excluding carboxylic acids is 1. The molecule has 1 aromatic heterocycles. The Bertz CT molecular complexity index is 1230. The van der Waals surface area contributed by atoms with Crippen molar-refractivity contribution in [1.29, 1.82) is 0 Å². The van der Waals surface area contributed by atoms with Gasteiger partial charge in [-0.25, -0.2) is 25.2 Å². The third kappa shape index (κ3) is 6.11. The molecule has 4 rings (SSSR count). The highest BCUT2D eigenvalue weighted by atomic mass is 19.1. The van der Waals surface area contributed by atoms with Crippen LogP contribution in [0.25, 0.3) is 4.85 Å². The van der Waals surface area contributed by atoms with Gasteiger partial charge in [-0.15, -0.1) is 0 Å². The topological polar surface area (TPSA) is 87.6 Å². The average molecular weight is 477 g/mol. The van der Waals surface area contributed by atoms with Crippen molar-refractivity contribution in [2.45, 2.75) is 25.3 Å². The van der Waals surface area contributed by atoms with Crippen molar-refractivity contribution in [1.82, 2.24) is 9.88 Å². The standard InChI is InChI=1S/C26H26F2N6O/c1-30-16-34-10-8-18(9-11-34)17-2-5-21(6-3-17)33-25-13-24(22(15-32-25)26(29)35)31-14-19-12-20(27)4-7-23(19)28/h2-7,12-13,15,18H,8-11,14,16H2,(H2,29,35)(H2,31,32,33). The van der Waals surface area contributed by atoms with Gasteiger partial charge < -0.3 is 16.4 Å². The second-order valence-electron chi connectivity index (χ2n) is 8.51. The molecule has 1 amide bonds. The number of rotatable bonds is 8. The smallest absolute Gasteiger partial charge is 0.270 e. The fraction of sp³-hybridized carbons (Fsp3) is 0.269. The van der Waals surface area contributed by atoms with E-state index in [0.29, 0.717) is 24.1 Å². The van der Waals surface area contributed by atoms with E-state index in [2.05, 4.69) is 37.5 Å². The van der Waals surface area contributed by atoms with Crippen LogP contribution in [0, 0.1) is 18.2 Å². The average Bonchev–Trinajstić information content (AvgIpc) is 2.86. The molecule has 1 aliphatic rings. The Morgan fingerprint density at radius 1 is 1.14 bits per heavy atom. The Balaban J connectivity index is 1.44. The number of hydrogen-bond acceptors (Lipinski definition) is 5. The molecule has 3 aromatic rings. The molecule has 0 atom stereocenters. The van der Waals surface area contributed by atoms with E-state index < -0.39 is 17.5 Å². The quantitative estimate of drug-likeness (QED) is 0.404. The molecule has 0 saturated carbocycles. The van der Waals surface area contributed by atoms with Crippen LogP contribution in [0.1, 0.15) is 40.2 Å². The molecule has 2 heterocycles. The molecular weight excluding hydrogens is 450 g/mol. The lowest BCUT2D eigenvalue weighted by atomic mass is 9.89. The number of amides is 1. The van der Waals surface area contributed by atoms with E-state index in [1.165, 1.54) is 11.8 Å². The highest BCUT2D eigenvalue weighted by Gasteiger charge is 2.21. The van der Waals surface area contributed by atoms with Crippen molar-refractivity contribution in [3.8, 4) is 0 Å². The van der Waals surface area contributed by atoms with Gasteiger partial charge in [0.25, 0.3) is 12.6 Å². The molecule has 0 unspecified atom stereocenters. The maximum atomic E-state index is 14.0. The van der Waals surface area contributed by atoms with Gasteiger partial charge in [0.2, 0.25) is 0 Å². The summed E-state index contributed by atoms with van der Waals surface area (Å²) in [6.07, 6.45) is 3.40. The monoisotopic (exact) mass is 476 g/mol. The second-order valence-corrected chi connectivity index (χ2v) is 8.51. The molecule has 9 heteroatoms. The molecule has 0 radical (unpaired) electrons. The Hall–Kier alpha value is -4.03. The molecule has 35 heavy (non-hydrogen) atoms. The minimum atomic E-state index is -0.682. The Labute approximate surface area is 202 Å². The minimum absolute atomic E-state index is 0.0310. The Morgan fingerprint density at radius 2 is 1.89 bits per heavy atom. The number of likely N-dealkylation sites (tertiary alicyclic amines) is 1. The summed E-state index contributed by atoms with van der Waals surface area (Å²) in [7, 11) is 0. The van der Waals surface area contributed by atoms with Gasteiger partial charge >= 0.3 is 0 Å². The third-order valence-corrected chi connectivity index (χ3v) is 6.16. The Morgan fingerprint density at radius 3 is 2.57 bits per heavy atom. The van der Waals surface area contributed by atoms with Gasteiger partial charge in [0, 0.05) is 43.1 Å². The predicted octanol–water partition coefficient (Wildman–Crippen LogP) is 4.87. The van der Waals surface area contributed by atoms with E-state index in [-0.39, 0.29) is 17.7 Å². The lowest BCUT2D eigenvalue weighted by Gasteiger charge is -2.28. The summed E-state index contributed by atoms with van der Waals surface area (Å²) in [5, 5.41) is 6.16. The van der Waals surface area contributed by atoms with Crippen molar-refractivity contribution in [3.05, 3.63) is 94.5 Å². The summed E-state index contributed by atoms with van der Waals surface area (Å²) in [4.78, 5) is 21.7. The number of primary amides is 1. The molecular formula is C26H26F2N6O. The van der Waals surface area contributed by atoms with Crippen LogP contribution in [0.2, 0.25) is 0 Å². The molecule has 180 valence electrons. The largest absolute Gasteiger partial charge is 0.380 e. The highest BCUT2D eigenvalue weighted by molar-refractivity contribution is 5.98. The van der Waals surface area contributed by atoms with Crippen molar-refractivity contribution in [2.75, 3.05) is 30.4 Å². The van der Waals surface area contributed by atoms with Gasteiger partial charge in [-0.3, -0.25) is 9.64 Å². The van der Waals surface area contributed by atoms with Gasteiger partial charge in [0.05, 0.1) is 11.3 Å². The number of halogens is 2. The lowest BCUT2D eigenvalue weighted by Crippen LogP contribution is -2.32. The van der Waals surface area contributed by atoms with E-state index in [1.807, 2.05) is 12.1 Å². The fourth-order valence-electron chi connectivity index (χ4n) is 4.23. The fourth-order valence-corrected chi connectivity index (χ4v) is 4.23. The molecule has 7 nitrogen and oxygen atoms in total. The summed E-state index contributed by atoms with van der Waals surface area (Å²) >= 11 is 0. The minimum Gasteiger partial charge on any atom is -0.380 e.